The van der Waals surface area contributed by atoms with E-state index in [1.165, 1.54) is 6.92 Å². The van der Waals surface area contributed by atoms with Crippen molar-refractivity contribution in [2.24, 2.45) is 5.73 Å². The Labute approximate surface area is 109 Å². The third kappa shape index (κ3) is 1.88. The normalized spacial score (nSPS) is 12.6. The highest BCUT2D eigenvalue weighted by Crippen LogP contribution is 2.30. The zero-order chi connectivity index (χ0) is 13.4. The van der Waals surface area contributed by atoms with E-state index in [9.17, 15) is 9.59 Å². The number of halogens is 1. The van der Waals surface area contributed by atoms with Crippen molar-refractivity contribution in [3.8, 4) is 0 Å². The molecule has 4 nitrogen and oxygen atoms in total. The third-order valence-electron chi connectivity index (χ3n) is 3.01. The Morgan fingerprint density at radius 3 is 2.61 bits per heavy atom. The molecule has 0 bridgehead atoms. The van der Waals surface area contributed by atoms with Crippen LogP contribution in [0.3, 0.4) is 0 Å². The predicted molar refractivity (Wildman–Crippen MR) is 70.9 cm³/mol. The van der Waals surface area contributed by atoms with E-state index >= 15 is 0 Å². The molecule has 1 amide bonds. The first-order chi connectivity index (χ1) is 8.43. The summed E-state index contributed by atoms with van der Waals surface area (Å²) in [5, 5.41) is 1.23. The van der Waals surface area contributed by atoms with Gasteiger partial charge in [0.15, 0.2) is 5.78 Å². The number of rotatable bonds is 3. The van der Waals surface area contributed by atoms with Gasteiger partial charge in [-0.15, -0.1) is 0 Å². The van der Waals surface area contributed by atoms with Crippen molar-refractivity contribution in [3.63, 3.8) is 0 Å². The van der Waals surface area contributed by atoms with Crippen molar-refractivity contribution >= 4 is 34.2 Å². The van der Waals surface area contributed by atoms with Gasteiger partial charge in [0.05, 0.1) is 10.5 Å². The molecule has 0 aliphatic heterocycles. The first-order valence-corrected chi connectivity index (χ1v) is 5.90. The topological polar surface area (TPSA) is 65.1 Å². The van der Waals surface area contributed by atoms with Crippen LogP contribution in [0.2, 0.25) is 5.02 Å². The van der Waals surface area contributed by atoms with Gasteiger partial charge in [0.25, 0.3) is 0 Å². The van der Waals surface area contributed by atoms with Crippen LogP contribution in [-0.2, 0) is 4.79 Å². The summed E-state index contributed by atoms with van der Waals surface area (Å²) in [6.07, 6.45) is 1.63. The Balaban J connectivity index is 2.82. The summed E-state index contributed by atoms with van der Waals surface area (Å²) in [6, 6.07) is 4.75. The van der Waals surface area contributed by atoms with Crippen LogP contribution in [-0.4, -0.2) is 16.3 Å². The van der Waals surface area contributed by atoms with Crippen molar-refractivity contribution in [1.82, 2.24) is 4.57 Å². The van der Waals surface area contributed by atoms with Gasteiger partial charge >= 0.3 is 0 Å². The second kappa shape index (κ2) is 4.46. The fraction of sp³-hybridized carbons (Fsp3) is 0.231. The molecule has 1 unspecified atom stereocenters. The summed E-state index contributed by atoms with van der Waals surface area (Å²) in [7, 11) is 0. The standard InChI is InChI=1S/C13H13ClN2O2/c1-7(13(15)18)16-6-10(8(2)17)9-4-3-5-11(14)12(9)16/h3-7H,1-2H3,(H2,15,18). The average molecular weight is 265 g/mol. The second-order valence-electron chi connectivity index (χ2n) is 4.22. The first-order valence-electron chi connectivity index (χ1n) is 5.52. The number of carbonyl (C=O) groups is 2. The van der Waals surface area contributed by atoms with Crippen molar-refractivity contribution in [3.05, 3.63) is 35.0 Å². The van der Waals surface area contributed by atoms with E-state index in [0.717, 1.165) is 5.39 Å². The number of primary amides is 1. The molecule has 0 aliphatic rings. The lowest BCUT2D eigenvalue weighted by atomic mass is 10.1. The minimum absolute atomic E-state index is 0.0716. The average Bonchev–Trinajstić information content (AvgIpc) is 2.68. The number of hydrogen-bond acceptors (Lipinski definition) is 2. The minimum Gasteiger partial charge on any atom is -0.368 e. The summed E-state index contributed by atoms with van der Waals surface area (Å²) in [5.74, 6) is -0.542. The lowest BCUT2D eigenvalue weighted by molar-refractivity contribution is -0.120. The molecule has 1 atom stereocenters. The Kier molecular flexibility index (Phi) is 3.13. The molecule has 94 valence electrons. The molecule has 2 aromatic rings. The molecule has 0 aliphatic carbocycles. The molecule has 0 saturated carbocycles. The highest BCUT2D eigenvalue weighted by Gasteiger charge is 2.19. The zero-order valence-electron chi connectivity index (χ0n) is 10.1. The first kappa shape index (κ1) is 12.6. The van der Waals surface area contributed by atoms with Gasteiger partial charge in [-0.25, -0.2) is 0 Å². The lowest BCUT2D eigenvalue weighted by Gasteiger charge is -2.11. The molecule has 18 heavy (non-hydrogen) atoms. The number of nitrogens with two attached hydrogens (primary N) is 1. The Morgan fingerprint density at radius 1 is 1.39 bits per heavy atom. The molecule has 1 heterocycles. The van der Waals surface area contributed by atoms with Crippen LogP contribution >= 0.6 is 11.6 Å². The molecule has 0 spiro atoms. The summed E-state index contributed by atoms with van der Waals surface area (Å²) < 4.78 is 1.65. The van der Waals surface area contributed by atoms with Crippen LogP contribution in [0.4, 0.5) is 0 Å². The van der Waals surface area contributed by atoms with Crippen LogP contribution in [0.25, 0.3) is 10.9 Å². The van der Waals surface area contributed by atoms with Crippen molar-refractivity contribution in [2.75, 3.05) is 0 Å². The number of hydrogen-bond donors (Lipinski definition) is 1. The number of para-hydroxylation sites is 1. The van der Waals surface area contributed by atoms with Crippen molar-refractivity contribution in [1.29, 1.82) is 0 Å². The summed E-state index contributed by atoms with van der Waals surface area (Å²) >= 11 is 6.14. The quantitative estimate of drug-likeness (QED) is 0.866. The minimum atomic E-state index is -0.555. The molecular formula is C13H13ClN2O2. The Morgan fingerprint density at radius 2 is 2.06 bits per heavy atom. The fourth-order valence-electron chi connectivity index (χ4n) is 1.99. The van der Waals surface area contributed by atoms with E-state index in [1.54, 1.807) is 29.8 Å². The maximum absolute atomic E-state index is 11.6. The molecule has 0 fully saturated rings. The van der Waals surface area contributed by atoms with Crippen molar-refractivity contribution < 1.29 is 9.59 Å². The van der Waals surface area contributed by atoms with Gasteiger partial charge in [-0.3, -0.25) is 9.59 Å². The van der Waals surface area contributed by atoms with Crippen LogP contribution in [0.1, 0.15) is 30.2 Å². The van der Waals surface area contributed by atoms with Gasteiger partial charge < -0.3 is 10.3 Å². The van der Waals surface area contributed by atoms with Gasteiger partial charge in [0.2, 0.25) is 5.91 Å². The van der Waals surface area contributed by atoms with Crippen LogP contribution < -0.4 is 5.73 Å². The summed E-state index contributed by atoms with van der Waals surface area (Å²) in [4.78, 5) is 22.9. The number of nitrogens with zero attached hydrogens (tertiary/aromatic N) is 1. The number of carbonyl (C=O) groups excluding carboxylic acids is 2. The molecule has 1 aromatic carbocycles. The number of Topliss-reactive ketones (excluding diaryl/α,β-unsaturated/α-hetero) is 1. The fourth-order valence-corrected chi connectivity index (χ4v) is 2.26. The lowest BCUT2D eigenvalue weighted by Crippen LogP contribution is -2.23. The maximum Gasteiger partial charge on any atom is 0.240 e. The Hall–Kier alpha value is -1.81. The number of amides is 1. The summed E-state index contributed by atoms with van der Waals surface area (Å²) in [6.45, 7) is 3.16. The largest absolute Gasteiger partial charge is 0.368 e. The second-order valence-corrected chi connectivity index (χ2v) is 4.63. The SMILES string of the molecule is CC(=O)c1cn(C(C)C(N)=O)c2c(Cl)cccc12. The van der Waals surface area contributed by atoms with E-state index in [4.69, 9.17) is 17.3 Å². The number of fused-ring (bicyclic) bond motifs is 1. The van der Waals surface area contributed by atoms with Gasteiger partial charge in [-0.2, -0.15) is 0 Å². The number of benzene rings is 1. The zero-order valence-corrected chi connectivity index (χ0v) is 10.9. The molecule has 2 rings (SSSR count). The van der Waals surface area contributed by atoms with Crippen molar-refractivity contribution in [2.45, 2.75) is 19.9 Å². The molecular weight excluding hydrogens is 252 g/mol. The smallest absolute Gasteiger partial charge is 0.240 e. The predicted octanol–water partition coefficient (Wildman–Crippen LogP) is 2.54. The molecule has 2 N–H and O–H groups in total. The highest BCUT2D eigenvalue weighted by molar-refractivity contribution is 6.35. The third-order valence-corrected chi connectivity index (χ3v) is 3.32. The molecule has 0 saturated heterocycles. The highest BCUT2D eigenvalue weighted by atomic mass is 35.5. The van der Waals surface area contributed by atoms with Crippen LogP contribution in [0.15, 0.2) is 24.4 Å². The van der Waals surface area contributed by atoms with E-state index in [0.29, 0.717) is 16.1 Å². The van der Waals surface area contributed by atoms with Gasteiger partial charge in [-0.05, 0) is 19.9 Å². The van der Waals surface area contributed by atoms with Crippen LogP contribution in [0, 0.1) is 0 Å². The maximum atomic E-state index is 11.6. The molecule has 0 radical (unpaired) electrons. The monoisotopic (exact) mass is 264 g/mol. The van der Waals surface area contributed by atoms with E-state index < -0.39 is 11.9 Å². The van der Waals surface area contributed by atoms with Gasteiger partial charge in [0, 0.05) is 17.1 Å². The molecule has 1 aromatic heterocycles. The summed E-state index contributed by atoms with van der Waals surface area (Å²) in [5.41, 5.74) is 6.51. The van der Waals surface area contributed by atoms with E-state index in [-0.39, 0.29) is 5.78 Å². The van der Waals surface area contributed by atoms with E-state index in [2.05, 4.69) is 0 Å². The Bertz CT molecular complexity index is 646. The molecule has 5 heteroatoms. The van der Waals surface area contributed by atoms with E-state index in [1.807, 2.05) is 6.07 Å². The van der Waals surface area contributed by atoms with Gasteiger partial charge in [-0.1, -0.05) is 23.7 Å². The number of ketones is 1. The number of aromatic nitrogens is 1. The van der Waals surface area contributed by atoms with Gasteiger partial charge in [0.1, 0.15) is 6.04 Å². The van der Waals surface area contributed by atoms with Crippen LogP contribution in [0.5, 0.6) is 0 Å².